The highest BCUT2D eigenvalue weighted by Crippen LogP contribution is 2.29. The van der Waals surface area contributed by atoms with Crippen molar-refractivity contribution in [3.63, 3.8) is 0 Å². The number of hydrogen-bond acceptors (Lipinski definition) is 3. The van der Waals surface area contributed by atoms with E-state index in [0.29, 0.717) is 12.5 Å². The van der Waals surface area contributed by atoms with E-state index in [1.54, 1.807) is 0 Å². The number of esters is 1. The van der Waals surface area contributed by atoms with Crippen LogP contribution >= 0.6 is 0 Å². The lowest BCUT2D eigenvalue weighted by Gasteiger charge is -2.20. The number of rotatable bonds is 3. The average Bonchev–Trinajstić information content (AvgIpc) is 2.99. The fourth-order valence-corrected chi connectivity index (χ4v) is 1.66. The highest BCUT2D eigenvalue weighted by Gasteiger charge is 2.26. The predicted octanol–water partition coefficient (Wildman–Crippen LogP) is 0.939. The van der Waals surface area contributed by atoms with Gasteiger partial charge in [0.1, 0.15) is 0 Å². The van der Waals surface area contributed by atoms with Crippen LogP contribution in [0.4, 0.5) is 0 Å². The molecule has 0 aromatic rings. The number of hydrogen-bond donors (Lipinski definition) is 1. The Morgan fingerprint density at radius 1 is 1.38 bits per heavy atom. The largest absolute Gasteiger partial charge is 0.465 e. The molecule has 0 unspecified atom stereocenters. The molecule has 3 heteroatoms. The molecule has 74 valence electrons. The number of carbonyl (C=O) groups excluding carboxylic acids is 1. The summed E-state index contributed by atoms with van der Waals surface area (Å²) < 4.78 is 5.23. The van der Waals surface area contributed by atoms with Crippen molar-refractivity contribution in [2.45, 2.75) is 25.7 Å². The minimum absolute atomic E-state index is 0.0131. The zero-order valence-electron chi connectivity index (χ0n) is 7.92. The zero-order chi connectivity index (χ0) is 9.10. The van der Waals surface area contributed by atoms with Gasteiger partial charge in [0.05, 0.1) is 12.5 Å². The van der Waals surface area contributed by atoms with Crippen molar-refractivity contribution in [3.8, 4) is 0 Å². The molecule has 3 nitrogen and oxygen atoms in total. The minimum Gasteiger partial charge on any atom is -0.465 e. The third kappa shape index (κ3) is 2.69. The van der Waals surface area contributed by atoms with Crippen LogP contribution in [0.15, 0.2) is 0 Å². The molecule has 1 saturated heterocycles. The molecule has 1 atom stereocenters. The van der Waals surface area contributed by atoms with Gasteiger partial charge >= 0.3 is 5.97 Å². The van der Waals surface area contributed by atoms with E-state index in [4.69, 9.17) is 4.74 Å². The predicted molar refractivity (Wildman–Crippen MR) is 49.3 cm³/mol. The molecule has 1 aliphatic heterocycles. The summed E-state index contributed by atoms with van der Waals surface area (Å²) in [6, 6.07) is 0. The van der Waals surface area contributed by atoms with E-state index < -0.39 is 0 Å². The maximum absolute atomic E-state index is 11.5. The molecular formula is C10H17NO2. The summed E-state index contributed by atoms with van der Waals surface area (Å²) in [6.45, 7) is 2.52. The molecule has 0 amide bonds. The third-order valence-electron chi connectivity index (χ3n) is 2.79. The van der Waals surface area contributed by atoms with Gasteiger partial charge in [0.2, 0.25) is 0 Å². The Bertz CT molecular complexity index is 183. The first-order valence-corrected chi connectivity index (χ1v) is 5.23. The molecule has 1 saturated carbocycles. The van der Waals surface area contributed by atoms with Gasteiger partial charge in [0.15, 0.2) is 0 Å². The number of piperidine rings is 1. The molecule has 0 spiro atoms. The summed E-state index contributed by atoms with van der Waals surface area (Å²) in [5.74, 6) is 0.812. The minimum atomic E-state index is 0.0131. The van der Waals surface area contributed by atoms with Gasteiger partial charge in [-0.05, 0) is 38.1 Å². The Balaban J connectivity index is 1.67. The maximum atomic E-state index is 11.5. The standard InChI is InChI=1S/C10H17NO2/c12-10(13-7-8-3-4-8)9-2-1-5-11-6-9/h8-9,11H,1-7H2/t9-/m1/s1. The molecule has 0 aromatic heterocycles. The second kappa shape index (κ2) is 4.09. The second-order valence-electron chi connectivity index (χ2n) is 4.12. The molecule has 2 fully saturated rings. The van der Waals surface area contributed by atoms with E-state index in [0.717, 1.165) is 25.9 Å². The zero-order valence-corrected chi connectivity index (χ0v) is 7.92. The van der Waals surface area contributed by atoms with E-state index >= 15 is 0 Å². The van der Waals surface area contributed by atoms with Crippen LogP contribution in [0.3, 0.4) is 0 Å². The molecule has 2 rings (SSSR count). The summed E-state index contributed by atoms with van der Waals surface area (Å²) in [6.07, 6.45) is 4.59. The lowest BCUT2D eigenvalue weighted by Crippen LogP contribution is -2.35. The quantitative estimate of drug-likeness (QED) is 0.662. The second-order valence-corrected chi connectivity index (χ2v) is 4.12. The molecule has 1 N–H and O–H groups in total. The van der Waals surface area contributed by atoms with Crippen LogP contribution in [-0.4, -0.2) is 25.7 Å². The van der Waals surface area contributed by atoms with Crippen molar-refractivity contribution < 1.29 is 9.53 Å². The van der Waals surface area contributed by atoms with Crippen LogP contribution in [0.5, 0.6) is 0 Å². The first-order valence-electron chi connectivity index (χ1n) is 5.23. The Morgan fingerprint density at radius 3 is 2.85 bits per heavy atom. The van der Waals surface area contributed by atoms with Gasteiger partial charge in [-0.25, -0.2) is 0 Å². The normalized spacial score (nSPS) is 28.5. The van der Waals surface area contributed by atoms with Crippen LogP contribution in [0.25, 0.3) is 0 Å². The molecule has 0 aromatic carbocycles. The Hall–Kier alpha value is -0.570. The van der Waals surface area contributed by atoms with Crippen molar-refractivity contribution in [2.75, 3.05) is 19.7 Å². The Kier molecular flexibility index (Phi) is 2.83. The number of carbonyl (C=O) groups is 1. The van der Waals surface area contributed by atoms with E-state index in [9.17, 15) is 4.79 Å². The summed E-state index contributed by atoms with van der Waals surface area (Å²) in [5.41, 5.74) is 0. The van der Waals surface area contributed by atoms with Crippen molar-refractivity contribution >= 4 is 5.97 Å². The van der Waals surface area contributed by atoms with Gasteiger partial charge in [-0.15, -0.1) is 0 Å². The molecular weight excluding hydrogens is 166 g/mol. The molecule has 13 heavy (non-hydrogen) atoms. The highest BCUT2D eigenvalue weighted by atomic mass is 16.5. The summed E-state index contributed by atoms with van der Waals surface area (Å²) in [5, 5.41) is 3.22. The van der Waals surface area contributed by atoms with Gasteiger partial charge < -0.3 is 10.1 Å². The van der Waals surface area contributed by atoms with Gasteiger partial charge in [-0.3, -0.25) is 4.79 Å². The summed E-state index contributed by atoms with van der Waals surface area (Å²) in [4.78, 5) is 11.5. The molecule has 2 aliphatic rings. The van der Waals surface area contributed by atoms with E-state index in [2.05, 4.69) is 5.32 Å². The average molecular weight is 183 g/mol. The first kappa shape index (κ1) is 9.00. The van der Waals surface area contributed by atoms with Gasteiger partial charge in [-0.1, -0.05) is 0 Å². The maximum Gasteiger partial charge on any atom is 0.310 e. The number of nitrogens with one attached hydrogen (secondary N) is 1. The Morgan fingerprint density at radius 2 is 2.23 bits per heavy atom. The summed E-state index contributed by atoms with van der Waals surface area (Å²) in [7, 11) is 0. The highest BCUT2D eigenvalue weighted by molar-refractivity contribution is 5.72. The summed E-state index contributed by atoms with van der Waals surface area (Å²) >= 11 is 0. The lowest BCUT2D eigenvalue weighted by molar-refractivity contribution is -0.149. The molecule has 0 radical (unpaired) electrons. The van der Waals surface area contributed by atoms with Crippen molar-refractivity contribution in [2.24, 2.45) is 11.8 Å². The van der Waals surface area contributed by atoms with Gasteiger partial charge in [-0.2, -0.15) is 0 Å². The van der Waals surface area contributed by atoms with Crippen LogP contribution < -0.4 is 5.32 Å². The van der Waals surface area contributed by atoms with Crippen LogP contribution in [0.1, 0.15) is 25.7 Å². The first-order chi connectivity index (χ1) is 6.36. The van der Waals surface area contributed by atoms with Gasteiger partial charge in [0.25, 0.3) is 0 Å². The van der Waals surface area contributed by atoms with Crippen LogP contribution in [0, 0.1) is 11.8 Å². The van der Waals surface area contributed by atoms with Crippen molar-refractivity contribution in [3.05, 3.63) is 0 Å². The molecule has 1 heterocycles. The fraction of sp³-hybridized carbons (Fsp3) is 0.900. The topological polar surface area (TPSA) is 38.3 Å². The smallest absolute Gasteiger partial charge is 0.310 e. The van der Waals surface area contributed by atoms with E-state index in [1.807, 2.05) is 0 Å². The monoisotopic (exact) mass is 183 g/mol. The van der Waals surface area contributed by atoms with Crippen LogP contribution in [0.2, 0.25) is 0 Å². The molecule has 1 aliphatic carbocycles. The lowest BCUT2D eigenvalue weighted by atomic mass is 10.0. The molecule has 0 bridgehead atoms. The van der Waals surface area contributed by atoms with Crippen molar-refractivity contribution in [1.82, 2.24) is 5.32 Å². The SMILES string of the molecule is O=C(OCC1CC1)[C@@H]1CCCNC1. The fourth-order valence-electron chi connectivity index (χ4n) is 1.66. The number of ether oxygens (including phenoxy) is 1. The van der Waals surface area contributed by atoms with Gasteiger partial charge in [0, 0.05) is 6.54 Å². The van der Waals surface area contributed by atoms with E-state index in [-0.39, 0.29) is 11.9 Å². The van der Waals surface area contributed by atoms with Crippen LogP contribution in [-0.2, 0) is 9.53 Å². The Labute approximate surface area is 78.8 Å². The van der Waals surface area contributed by atoms with E-state index in [1.165, 1.54) is 12.8 Å². The third-order valence-corrected chi connectivity index (χ3v) is 2.79. The van der Waals surface area contributed by atoms with Crippen molar-refractivity contribution in [1.29, 1.82) is 0 Å².